The summed E-state index contributed by atoms with van der Waals surface area (Å²) in [6, 6.07) is 7.73. The zero-order valence-corrected chi connectivity index (χ0v) is 10.8. The molecule has 1 aliphatic carbocycles. The van der Waals surface area contributed by atoms with Crippen LogP contribution in [0.25, 0.3) is 10.9 Å². The van der Waals surface area contributed by atoms with Gasteiger partial charge in [0.1, 0.15) is 5.69 Å². The standard InChI is InChI=1S/C15H18N2O2/c18-15(19)14-12(9-16-8-7-10-5-6-10)11-3-1-2-4-13(11)17-14/h1-4,10,16-17H,5-9H2,(H,18,19). The van der Waals surface area contributed by atoms with Crippen LogP contribution < -0.4 is 5.32 Å². The Bertz CT molecular complexity index is 599. The molecular weight excluding hydrogens is 240 g/mol. The van der Waals surface area contributed by atoms with Crippen LogP contribution in [-0.2, 0) is 6.54 Å². The first kappa shape index (κ1) is 12.2. The van der Waals surface area contributed by atoms with Crippen molar-refractivity contribution < 1.29 is 9.90 Å². The van der Waals surface area contributed by atoms with Gasteiger partial charge in [-0.15, -0.1) is 0 Å². The third kappa shape index (κ3) is 2.63. The molecule has 3 rings (SSSR count). The summed E-state index contributed by atoms with van der Waals surface area (Å²) < 4.78 is 0. The number of para-hydroxylation sites is 1. The Morgan fingerprint density at radius 1 is 1.37 bits per heavy atom. The Balaban J connectivity index is 1.78. The highest BCUT2D eigenvalue weighted by molar-refractivity contribution is 5.97. The van der Waals surface area contributed by atoms with Gasteiger partial charge in [0, 0.05) is 23.0 Å². The average molecular weight is 258 g/mol. The predicted molar refractivity (Wildman–Crippen MR) is 74.3 cm³/mol. The van der Waals surface area contributed by atoms with Gasteiger partial charge in [-0.2, -0.15) is 0 Å². The lowest BCUT2D eigenvalue weighted by Crippen LogP contribution is -2.17. The number of hydrogen-bond acceptors (Lipinski definition) is 2. The maximum absolute atomic E-state index is 11.3. The van der Waals surface area contributed by atoms with E-state index < -0.39 is 5.97 Å². The number of nitrogens with one attached hydrogen (secondary N) is 2. The minimum atomic E-state index is -0.893. The number of fused-ring (bicyclic) bond motifs is 1. The maximum atomic E-state index is 11.3. The first-order valence-corrected chi connectivity index (χ1v) is 6.79. The molecule has 0 atom stereocenters. The normalized spacial score (nSPS) is 14.9. The Morgan fingerprint density at radius 3 is 2.89 bits per heavy atom. The monoisotopic (exact) mass is 258 g/mol. The van der Waals surface area contributed by atoms with Crippen LogP contribution in [0.4, 0.5) is 0 Å². The zero-order valence-electron chi connectivity index (χ0n) is 10.8. The van der Waals surface area contributed by atoms with E-state index in [1.807, 2.05) is 24.3 Å². The smallest absolute Gasteiger partial charge is 0.352 e. The lowest BCUT2D eigenvalue weighted by molar-refractivity contribution is 0.0690. The van der Waals surface area contributed by atoms with Crippen molar-refractivity contribution in [2.45, 2.75) is 25.8 Å². The summed E-state index contributed by atoms with van der Waals surface area (Å²) in [5.41, 5.74) is 2.05. The molecule has 1 aliphatic rings. The van der Waals surface area contributed by atoms with E-state index in [2.05, 4.69) is 10.3 Å². The number of aromatic carboxylic acids is 1. The second kappa shape index (κ2) is 5.05. The number of aromatic nitrogens is 1. The molecule has 4 heteroatoms. The first-order chi connectivity index (χ1) is 9.25. The third-order valence-electron chi connectivity index (χ3n) is 3.76. The predicted octanol–water partition coefficient (Wildman–Crippen LogP) is 2.76. The van der Waals surface area contributed by atoms with Crippen molar-refractivity contribution in [3.8, 4) is 0 Å². The van der Waals surface area contributed by atoms with E-state index in [4.69, 9.17) is 0 Å². The van der Waals surface area contributed by atoms with Crippen molar-refractivity contribution in [1.29, 1.82) is 0 Å². The van der Waals surface area contributed by atoms with Crippen LogP contribution in [-0.4, -0.2) is 22.6 Å². The Kier molecular flexibility index (Phi) is 3.25. The van der Waals surface area contributed by atoms with Gasteiger partial charge in [-0.05, 0) is 24.9 Å². The second-order valence-corrected chi connectivity index (χ2v) is 5.24. The summed E-state index contributed by atoms with van der Waals surface area (Å²) >= 11 is 0. The van der Waals surface area contributed by atoms with Crippen LogP contribution in [0.15, 0.2) is 24.3 Å². The van der Waals surface area contributed by atoms with Crippen LogP contribution in [0.2, 0.25) is 0 Å². The summed E-state index contributed by atoms with van der Waals surface area (Å²) in [4.78, 5) is 14.3. The lowest BCUT2D eigenvalue weighted by atomic mass is 10.1. The van der Waals surface area contributed by atoms with E-state index in [9.17, 15) is 9.90 Å². The molecule has 2 aromatic rings. The molecular formula is C15H18N2O2. The molecule has 0 saturated heterocycles. The largest absolute Gasteiger partial charge is 0.477 e. The molecule has 1 saturated carbocycles. The van der Waals surface area contributed by atoms with Crippen LogP contribution in [0.5, 0.6) is 0 Å². The fraction of sp³-hybridized carbons (Fsp3) is 0.400. The molecule has 1 fully saturated rings. The van der Waals surface area contributed by atoms with Crippen LogP contribution in [0.3, 0.4) is 0 Å². The summed E-state index contributed by atoms with van der Waals surface area (Å²) in [6.07, 6.45) is 3.91. The Labute approximate surface area is 111 Å². The van der Waals surface area contributed by atoms with E-state index in [-0.39, 0.29) is 0 Å². The molecule has 0 bridgehead atoms. The molecule has 19 heavy (non-hydrogen) atoms. The van der Waals surface area contributed by atoms with E-state index in [0.29, 0.717) is 12.2 Å². The van der Waals surface area contributed by atoms with Gasteiger partial charge in [-0.25, -0.2) is 4.79 Å². The molecule has 0 amide bonds. The number of H-pyrrole nitrogens is 1. The number of aromatic amines is 1. The molecule has 0 aliphatic heterocycles. The number of rotatable bonds is 6. The van der Waals surface area contributed by atoms with Crippen molar-refractivity contribution in [1.82, 2.24) is 10.3 Å². The molecule has 0 radical (unpaired) electrons. The van der Waals surface area contributed by atoms with Crippen molar-refractivity contribution >= 4 is 16.9 Å². The molecule has 1 heterocycles. The number of hydrogen-bond donors (Lipinski definition) is 3. The van der Waals surface area contributed by atoms with Crippen LogP contribution >= 0.6 is 0 Å². The third-order valence-corrected chi connectivity index (χ3v) is 3.76. The highest BCUT2D eigenvalue weighted by Crippen LogP contribution is 2.31. The van der Waals surface area contributed by atoms with Crippen molar-refractivity contribution in [3.05, 3.63) is 35.5 Å². The fourth-order valence-electron chi connectivity index (χ4n) is 2.49. The zero-order chi connectivity index (χ0) is 13.2. The highest BCUT2D eigenvalue weighted by atomic mass is 16.4. The van der Waals surface area contributed by atoms with E-state index in [0.717, 1.165) is 28.9 Å². The van der Waals surface area contributed by atoms with Gasteiger partial charge in [0.25, 0.3) is 0 Å². The Morgan fingerprint density at radius 2 is 2.16 bits per heavy atom. The van der Waals surface area contributed by atoms with Crippen molar-refractivity contribution in [2.75, 3.05) is 6.54 Å². The van der Waals surface area contributed by atoms with E-state index >= 15 is 0 Å². The molecule has 100 valence electrons. The summed E-state index contributed by atoms with van der Waals surface area (Å²) in [6.45, 7) is 1.57. The topological polar surface area (TPSA) is 65.1 Å². The highest BCUT2D eigenvalue weighted by Gasteiger charge is 2.20. The summed E-state index contributed by atoms with van der Waals surface area (Å²) in [5, 5.41) is 13.6. The fourth-order valence-corrected chi connectivity index (χ4v) is 2.49. The van der Waals surface area contributed by atoms with Gasteiger partial charge in [0.05, 0.1) is 0 Å². The van der Waals surface area contributed by atoms with Gasteiger partial charge < -0.3 is 15.4 Å². The quantitative estimate of drug-likeness (QED) is 0.698. The summed E-state index contributed by atoms with van der Waals surface area (Å²) in [7, 11) is 0. The summed E-state index contributed by atoms with van der Waals surface area (Å²) in [5.74, 6) is 0.00426. The number of carboxylic acid groups (broad SMARTS) is 1. The molecule has 4 nitrogen and oxygen atoms in total. The number of benzene rings is 1. The van der Waals surface area contributed by atoms with Gasteiger partial charge in [0.2, 0.25) is 0 Å². The lowest BCUT2D eigenvalue weighted by Gasteiger charge is -2.04. The van der Waals surface area contributed by atoms with Gasteiger partial charge >= 0.3 is 5.97 Å². The maximum Gasteiger partial charge on any atom is 0.352 e. The minimum Gasteiger partial charge on any atom is -0.477 e. The number of carboxylic acids is 1. The molecule has 0 spiro atoms. The van der Waals surface area contributed by atoms with Crippen LogP contribution in [0, 0.1) is 5.92 Å². The SMILES string of the molecule is O=C(O)c1[nH]c2ccccc2c1CNCCC1CC1. The van der Waals surface area contributed by atoms with Crippen molar-refractivity contribution in [3.63, 3.8) is 0 Å². The molecule has 3 N–H and O–H groups in total. The van der Waals surface area contributed by atoms with E-state index in [1.165, 1.54) is 19.3 Å². The average Bonchev–Trinajstić information content (AvgIpc) is 3.15. The van der Waals surface area contributed by atoms with Gasteiger partial charge in [-0.1, -0.05) is 31.0 Å². The van der Waals surface area contributed by atoms with Gasteiger partial charge in [-0.3, -0.25) is 0 Å². The Hall–Kier alpha value is -1.81. The molecule has 0 unspecified atom stereocenters. The van der Waals surface area contributed by atoms with Gasteiger partial charge in [0.15, 0.2) is 0 Å². The minimum absolute atomic E-state index is 0.306. The first-order valence-electron chi connectivity index (χ1n) is 6.79. The van der Waals surface area contributed by atoms with Crippen molar-refractivity contribution in [2.24, 2.45) is 5.92 Å². The van der Waals surface area contributed by atoms with Crippen LogP contribution in [0.1, 0.15) is 35.3 Å². The molecule has 1 aromatic carbocycles. The van der Waals surface area contributed by atoms with E-state index in [1.54, 1.807) is 0 Å². The second-order valence-electron chi connectivity index (χ2n) is 5.24. The number of carbonyl (C=O) groups is 1. The molecule has 1 aromatic heterocycles.